The van der Waals surface area contributed by atoms with Crippen molar-refractivity contribution in [2.45, 2.75) is 38.5 Å². The largest absolute Gasteiger partial charge is 0.493 e. The van der Waals surface area contributed by atoms with Gasteiger partial charge in [-0.2, -0.15) is 0 Å². The van der Waals surface area contributed by atoms with E-state index in [1.807, 2.05) is 6.08 Å². The first-order chi connectivity index (χ1) is 9.86. The predicted molar refractivity (Wildman–Crippen MR) is 80.7 cm³/mol. The van der Waals surface area contributed by atoms with Gasteiger partial charge in [-0.25, -0.2) is 0 Å². The Balaban J connectivity index is 2.22. The van der Waals surface area contributed by atoms with Crippen LogP contribution in [0.25, 0.3) is 0 Å². The number of allylic oxidation sites excluding steroid dienone is 1. The summed E-state index contributed by atoms with van der Waals surface area (Å²) in [6.07, 6.45) is 8.01. The van der Waals surface area contributed by atoms with Gasteiger partial charge in [0.05, 0.1) is 13.2 Å². The number of rotatable bonds is 4. The van der Waals surface area contributed by atoms with Gasteiger partial charge >= 0.3 is 0 Å². The van der Waals surface area contributed by atoms with Gasteiger partial charge in [0.15, 0.2) is 0 Å². The minimum Gasteiger partial charge on any atom is -0.493 e. The third-order valence-electron chi connectivity index (χ3n) is 4.20. The minimum atomic E-state index is 0.656. The molecule has 0 saturated carbocycles. The maximum absolute atomic E-state index is 6.02. The summed E-state index contributed by atoms with van der Waals surface area (Å²) in [6.45, 7) is 6.19. The number of ether oxygens (including phenoxy) is 2. The Labute approximate surface area is 120 Å². The van der Waals surface area contributed by atoms with Crippen LogP contribution in [0.4, 0.5) is 0 Å². The lowest BCUT2D eigenvalue weighted by Gasteiger charge is -2.30. The van der Waals surface area contributed by atoms with E-state index in [2.05, 4.69) is 6.58 Å². The number of nitrogens with two attached hydrogens (primary N) is 1. The Kier molecular flexibility index (Phi) is 3.97. The molecule has 2 aliphatic rings. The second-order valence-electron chi connectivity index (χ2n) is 5.51. The summed E-state index contributed by atoms with van der Waals surface area (Å²) in [5.74, 6) is 2.20. The molecule has 0 saturated heterocycles. The van der Waals surface area contributed by atoms with Crippen molar-refractivity contribution < 1.29 is 9.47 Å². The fraction of sp³-hybridized carbons (Fsp3) is 0.529. The highest BCUT2D eigenvalue weighted by Gasteiger charge is 2.28. The van der Waals surface area contributed by atoms with Crippen molar-refractivity contribution in [3.05, 3.63) is 34.9 Å². The average Bonchev–Trinajstić information content (AvgIpc) is 2.50. The molecule has 20 heavy (non-hydrogen) atoms. The third kappa shape index (κ3) is 2.20. The Morgan fingerprint density at radius 2 is 1.60 bits per heavy atom. The zero-order chi connectivity index (χ0) is 13.9. The van der Waals surface area contributed by atoms with Crippen molar-refractivity contribution in [2.24, 2.45) is 5.73 Å². The molecule has 3 heteroatoms. The number of benzene rings is 1. The molecule has 3 nitrogen and oxygen atoms in total. The zero-order valence-electron chi connectivity index (χ0n) is 12.0. The molecular formula is C17H23NO2. The maximum atomic E-state index is 6.02. The van der Waals surface area contributed by atoms with Crippen molar-refractivity contribution in [1.29, 1.82) is 0 Å². The van der Waals surface area contributed by atoms with Crippen molar-refractivity contribution in [2.75, 3.05) is 19.8 Å². The van der Waals surface area contributed by atoms with Gasteiger partial charge in [0.2, 0.25) is 0 Å². The van der Waals surface area contributed by atoms with E-state index in [1.54, 1.807) is 0 Å². The third-order valence-corrected chi connectivity index (χ3v) is 4.20. The summed E-state index contributed by atoms with van der Waals surface area (Å²) in [5.41, 5.74) is 11.1. The van der Waals surface area contributed by atoms with Crippen LogP contribution in [-0.4, -0.2) is 19.8 Å². The predicted octanol–water partition coefficient (Wildman–Crippen LogP) is 2.57. The molecule has 1 aromatic rings. The van der Waals surface area contributed by atoms with Gasteiger partial charge < -0.3 is 15.2 Å². The summed E-state index contributed by atoms with van der Waals surface area (Å²) in [7, 11) is 0. The highest BCUT2D eigenvalue weighted by Crippen LogP contribution is 2.44. The van der Waals surface area contributed by atoms with E-state index in [0.29, 0.717) is 6.54 Å². The summed E-state index contributed by atoms with van der Waals surface area (Å²) >= 11 is 0. The molecule has 0 amide bonds. The molecule has 0 unspecified atom stereocenters. The molecule has 1 aromatic carbocycles. The fourth-order valence-corrected chi connectivity index (χ4v) is 3.41. The lowest BCUT2D eigenvalue weighted by molar-refractivity contribution is 0.266. The van der Waals surface area contributed by atoms with Gasteiger partial charge in [-0.15, -0.1) is 6.58 Å². The fourth-order valence-electron chi connectivity index (χ4n) is 3.41. The summed E-state index contributed by atoms with van der Waals surface area (Å²) in [5, 5.41) is 0. The molecule has 0 bridgehead atoms. The van der Waals surface area contributed by atoms with Crippen LogP contribution >= 0.6 is 0 Å². The first kappa shape index (κ1) is 13.5. The number of hydrogen-bond acceptors (Lipinski definition) is 3. The lowest BCUT2D eigenvalue weighted by atomic mass is 9.86. The zero-order valence-corrected chi connectivity index (χ0v) is 12.0. The number of hydrogen-bond donors (Lipinski definition) is 1. The molecule has 108 valence electrons. The molecule has 0 atom stereocenters. The van der Waals surface area contributed by atoms with Crippen molar-refractivity contribution in [3.8, 4) is 11.5 Å². The first-order valence-corrected chi connectivity index (χ1v) is 7.62. The number of fused-ring (bicyclic) bond motifs is 2. The summed E-state index contributed by atoms with van der Waals surface area (Å²) in [6, 6.07) is 0. The van der Waals surface area contributed by atoms with Crippen LogP contribution in [0.3, 0.4) is 0 Å². The molecule has 0 spiro atoms. The van der Waals surface area contributed by atoms with Gasteiger partial charge in [0.25, 0.3) is 0 Å². The maximum Gasteiger partial charge on any atom is 0.126 e. The smallest absolute Gasteiger partial charge is 0.126 e. The van der Waals surface area contributed by atoms with Gasteiger partial charge in [0.1, 0.15) is 11.5 Å². The van der Waals surface area contributed by atoms with Gasteiger partial charge in [-0.05, 0) is 45.1 Å². The summed E-state index contributed by atoms with van der Waals surface area (Å²) in [4.78, 5) is 0. The molecular weight excluding hydrogens is 250 g/mol. The van der Waals surface area contributed by atoms with Gasteiger partial charge in [0, 0.05) is 22.3 Å². The van der Waals surface area contributed by atoms with Crippen LogP contribution in [0.5, 0.6) is 11.5 Å². The van der Waals surface area contributed by atoms with Crippen LogP contribution in [0.15, 0.2) is 12.7 Å². The van der Waals surface area contributed by atoms with Gasteiger partial charge in [-0.1, -0.05) is 6.08 Å². The van der Waals surface area contributed by atoms with Crippen molar-refractivity contribution >= 4 is 0 Å². The van der Waals surface area contributed by atoms with E-state index in [0.717, 1.165) is 63.2 Å². The quantitative estimate of drug-likeness (QED) is 0.858. The molecule has 3 rings (SSSR count). The molecule has 2 heterocycles. The topological polar surface area (TPSA) is 44.5 Å². The van der Waals surface area contributed by atoms with Crippen molar-refractivity contribution in [1.82, 2.24) is 0 Å². The Morgan fingerprint density at radius 3 is 2.20 bits per heavy atom. The van der Waals surface area contributed by atoms with Crippen LogP contribution in [0, 0.1) is 0 Å². The molecule has 2 N–H and O–H groups in total. The normalized spacial score (nSPS) is 16.6. The monoisotopic (exact) mass is 273 g/mol. The Hall–Kier alpha value is -1.48. The highest BCUT2D eigenvalue weighted by molar-refractivity contribution is 5.61. The van der Waals surface area contributed by atoms with Crippen LogP contribution in [0.1, 0.15) is 35.1 Å². The molecule has 0 aliphatic carbocycles. The van der Waals surface area contributed by atoms with Crippen molar-refractivity contribution in [3.63, 3.8) is 0 Å². The Bertz CT molecular complexity index is 485. The lowest BCUT2D eigenvalue weighted by Crippen LogP contribution is -2.21. The van der Waals surface area contributed by atoms with E-state index in [-0.39, 0.29) is 0 Å². The Morgan fingerprint density at radius 1 is 1.00 bits per heavy atom. The molecule has 2 aliphatic heterocycles. The van der Waals surface area contributed by atoms with Crippen LogP contribution in [-0.2, 0) is 25.7 Å². The van der Waals surface area contributed by atoms with E-state index in [1.165, 1.54) is 22.3 Å². The van der Waals surface area contributed by atoms with Crippen LogP contribution in [0.2, 0.25) is 0 Å². The van der Waals surface area contributed by atoms with E-state index < -0.39 is 0 Å². The molecule has 0 aromatic heterocycles. The minimum absolute atomic E-state index is 0.656. The standard InChI is InChI=1S/C17H23NO2/c1-2-5-12-13-6-3-11-20-17(13)15(8-9-18)14-7-4-10-19-16(12)14/h2H,1,3-11,18H2. The van der Waals surface area contributed by atoms with E-state index in [9.17, 15) is 0 Å². The molecule has 0 radical (unpaired) electrons. The second kappa shape index (κ2) is 5.88. The first-order valence-electron chi connectivity index (χ1n) is 7.62. The van der Waals surface area contributed by atoms with Crippen LogP contribution < -0.4 is 15.2 Å². The SMILES string of the molecule is C=CCc1c2c(c(CCN)c3c1OCCC3)OCCC2. The van der Waals surface area contributed by atoms with E-state index in [4.69, 9.17) is 15.2 Å². The average molecular weight is 273 g/mol. The van der Waals surface area contributed by atoms with E-state index >= 15 is 0 Å². The molecule has 0 fully saturated rings. The highest BCUT2D eigenvalue weighted by atomic mass is 16.5. The second-order valence-corrected chi connectivity index (χ2v) is 5.51. The van der Waals surface area contributed by atoms with Gasteiger partial charge in [-0.3, -0.25) is 0 Å². The summed E-state index contributed by atoms with van der Waals surface area (Å²) < 4.78 is 12.0.